The van der Waals surface area contributed by atoms with Crippen molar-refractivity contribution in [2.45, 2.75) is 65.0 Å². The summed E-state index contributed by atoms with van der Waals surface area (Å²) in [5, 5.41) is 6.04. The highest BCUT2D eigenvalue weighted by Crippen LogP contribution is 2.26. The van der Waals surface area contributed by atoms with Crippen LogP contribution in [-0.4, -0.2) is 28.2 Å². The van der Waals surface area contributed by atoms with E-state index in [0.29, 0.717) is 12.5 Å². The van der Waals surface area contributed by atoms with Crippen molar-refractivity contribution in [3.8, 4) is 0 Å². The van der Waals surface area contributed by atoms with E-state index in [2.05, 4.69) is 27.1 Å². The van der Waals surface area contributed by atoms with Crippen molar-refractivity contribution in [1.82, 2.24) is 20.2 Å². The van der Waals surface area contributed by atoms with Crippen LogP contribution >= 0.6 is 0 Å². The average Bonchev–Trinajstić information content (AvgIpc) is 2.90. The second kappa shape index (κ2) is 8.05. The van der Waals surface area contributed by atoms with Crippen molar-refractivity contribution in [2.24, 2.45) is 5.92 Å². The molecule has 1 aliphatic carbocycles. The summed E-state index contributed by atoms with van der Waals surface area (Å²) in [6.45, 7) is 5.71. The smallest absolute Gasteiger partial charge is 0.315 e. The summed E-state index contributed by atoms with van der Waals surface area (Å²) in [6, 6.07) is 0.247. The Bertz CT molecular complexity index is 437. The summed E-state index contributed by atoms with van der Waals surface area (Å²) in [6.07, 6.45) is 11.2. The molecule has 1 unspecified atom stereocenters. The van der Waals surface area contributed by atoms with Crippen LogP contribution in [0.1, 0.15) is 51.3 Å². The van der Waals surface area contributed by atoms with Gasteiger partial charge in [0.15, 0.2) is 0 Å². The van der Waals surface area contributed by atoms with Crippen LogP contribution in [0, 0.1) is 12.8 Å². The molecule has 2 amide bonds. The van der Waals surface area contributed by atoms with Gasteiger partial charge in [0, 0.05) is 31.5 Å². The van der Waals surface area contributed by atoms with Gasteiger partial charge >= 0.3 is 6.03 Å². The molecule has 0 aromatic carbocycles. The van der Waals surface area contributed by atoms with Crippen molar-refractivity contribution < 1.29 is 4.79 Å². The number of aryl methyl sites for hydroxylation is 2. The van der Waals surface area contributed by atoms with Crippen LogP contribution in [0.5, 0.6) is 0 Å². The Morgan fingerprint density at radius 2 is 2.19 bits per heavy atom. The van der Waals surface area contributed by atoms with Crippen LogP contribution in [0.2, 0.25) is 0 Å². The van der Waals surface area contributed by atoms with Crippen molar-refractivity contribution >= 4 is 6.03 Å². The second-order valence-electron chi connectivity index (χ2n) is 6.11. The van der Waals surface area contributed by atoms with Gasteiger partial charge in [-0.3, -0.25) is 0 Å². The molecular formula is C16H28N4O. The number of carbonyl (C=O) groups excluding carboxylic acids is 1. The normalized spacial score (nSPS) is 17.4. The van der Waals surface area contributed by atoms with Gasteiger partial charge in [-0.25, -0.2) is 9.78 Å². The molecule has 5 nitrogen and oxygen atoms in total. The monoisotopic (exact) mass is 292 g/mol. The number of hydrogen-bond acceptors (Lipinski definition) is 2. The van der Waals surface area contributed by atoms with E-state index in [1.165, 1.54) is 32.1 Å². The molecule has 1 aliphatic rings. The lowest BCUT2D eigenvalue weighted by atomic mass is 9.85. The van der Waals surface area contributed by atoms with Crippen molar-refractivity contribution in [3.63, 3.8) is 0 Å². The van der Waals surface area contributed by atoms with E-state index in [0.717, 1.165) is 18.8 Å². The maximum Gasteiger partial charge on any atom is 0.315 e. The molecule has 5 heteroatoms. The number of amides is 2. The molecule has 2 N–H and O–H groups in total. The number of urea groups is 1. The molecule has 0 radical (unpaired) electrons. The van der Waals surface area contributed by atoms with Crippen LogP contribution in [0.15, 0.2) is 12.4 Å². The second-order valence-corrected chi connectivity index (χ2v) is 6.11. The number of rotatable bonds is 6. The molecule has 1 heterocycles. The lowest BCUT2D eigenvalue weighted by Crippen LogP contribution is -2.44. The van der Waals surface area contributed by atoms with Crippen LogP contribution in [0.25, 0.3) is 0 Å². The van der Waals surface area contributed by atoms with E-state index in [1.807, 2.05) is 13.1 Å². The van der Waals surface area contributed by atoms with E-state index in [4.69, 9.17) is 0 Å². The summed E-state index contributed by atoms with van der Waals surface area (Å²) in [7, 11) is 0. The van der Waals surface area contributed by atoms with Crippen molar-refractivity contribution in [3.05, 3.63) is 18.2 Å². The summed E-state index contributed by atoms with van der Waals surface area (Å²) in [5.74, 6) is 1.67. The molecule has 1 atom stereocenters. The fourth-order valence-corrected chi connectivity index (χ4v) is 3.10. The maximum absolute atomic E-state index is 11.9. The molecule has 2 rings (SSSR count). The van der Waals surface area contributed by atoms with E-state index in [1.54, 1.807) is 6.20 Å². The molecule has 1 aromatic heterocycles. The molecule has 0 spiro atoms. The highest BCUT2D eigenvalue weighted by atomic mass is 16.2. The zero-order valence-corrected chi connectivity index (χ0v) is 13.3. The van der Waals surface area contributed by atoms with Gasteiger partial charge in [0.2, 0.25) is 0 Å². The van der Waals surface area contributed by atoms with Crippen molar-refractivity contribution in [2.75, 3.05) is 6.54 Å². The molecular weight excluding hydrogens is 264 g/mol. The van der Waals surface area contributed by atoms with Gasteiger partial charge in [-0.1, -0.05) is 19.3 Å². The summed E-state index contributed by atoms with van der Waals surface area (Å²) in [5.41, 5.74) is 0. The fourth-order valence-electron chi connectivity index (χ4n) is 3.10. The highest BCUT2D eigenvalue weighted by Gasteiger charge is 2.21. The zero-order chi connectivity index (χ0) is 15.1. The largest absolute Gasteiger partial charge is 0.338 e. The number of hydrogen-bond donors (Lipinski definition) is 2. The van der Waals surface area contributed by atoms with Crippen LogP contribution in [0.3, 0.4) is 0 Å². The Hall–Kier alpha value is -1.52. The van der Waals surface area contributed by atoms with E-state index in [9.17, 15) is 4.79 Å². The molecule has 0 saturated heterocycles. The summed E-state index contributed by atoms with van der Waals surface area (Å²) in [4.78, 5) is 16.1. The Labute approximate surface area is 127 Å². The number of aromatic nitrogens is 2. The third kappa shape index (κ3) is 5.06. The number of nitrogens with one attached hydrogen (secondary N) is 2. The van der Waals surface area contributed by atoms with E-state index in [-0.39, 0.29) is 12.1 Å². The van der Waals surface area contributed by atoms with Gasteiger partial charge < -0.3 is 15.2 Å². The van der Waals surface area contributed by atoms with Crippen LogP contribution < -0.4 is 10.6 Å². The third-order valence-corrected chi connectivity index (χ3v) is 4.50. The van der Waals surface area contributed by atoms with Gasteiger partial charge in [-0.2, -0.15) is 0 Å². The number of carbonyl (C=O) groups is 1. The van der Waals surface area contributed by atoms with Gasteiger partial charge in [0.25, 0.3) is 0 Å². The summed E-state index contributed by atoms with van der Waals surface area (Å²) >= 11 is 0. The fraction of sp³-hybridized carbons (Fsp3) is 0.750. The predicted octanol–water partition coefficient (Wildman–Crippen LogP) is 2.85. The predicted molar refractivity (Wildman–Crippen MR) is 84.2 cm³/mol. The quantitative estimate of drug-likeness (QED) is 0.792. The molecule has 1 fully saturated rings. The average molecular weight is 292 g/mol. The minimum atomic E-state index is -0.0320. The van der Waals surface area contributed by atoms with E-state index >= 15 is 0 Å². The molecule has 0 aliphatic heterocycles. The molecule has 0 bridgehead atoms. The lowest BCUT2D eigenvalue weighted by Gasteiger charge is -2.28. The first-order valence-corrected chi connectivity index (χ1v) is 8.19. The SMILES string of the molecule is Cc1nccn1CCCNC(=O)NC(C)C1CCCCC1. The first-order chi connectivity index (χ1) is 10.2. The van der Waals surface area contributed by atoms with Gasteiger partial charge in [0.1, 0.15) is 5.82 Å². The Morgan fingerprint density at radius 1 is 1.43 bits per heavy atom. The molecule has 1 saturated carbocycles. The van der Waals surface area contributed by atoms with E-state index < -0.39 is 0 Å². The Balaban J connectivity index is 1.59. The number of nitrogens with zero attached hydrogens (tertiary/aromatic N) is 2. The van der Waals surface area contributed by atoms with Crippen LogP contribution in [-0.2, 0) is 6.54 Å². The van der Waals surface area contributed by atoms with Crippen molar-refractivity contribution in [1.29, 1.82) is 0 Å². The standard InChI is InChI=1S/C16H28N4O/c1-13(15-7-4-3-5-8-15)19-16(21)18-9-6-11-20-12-10-17-14(20)2/h10,12-13,15H,3-9,11H2,1-2H3,(H2,18,19,21). The van der Waals surface area contributed by atoms with Gasteiger partial charge in [-0.15, -0.1) is 0 Å². The maximum atomic E-state index is 11.9. The minimum Gasteiger partial charge on any atom is -0.338 e. The van der Waals surface area contributed by atoms with Crippen LogP contribution in [0.4, 0.5) is 4.79 Å². The Morgan fingerprint density at radius 3 is 2.86 bits per heavy atom. The highest BCUT2D eigenvalue weighted by molar-refractivity contribution is 5.74. The molecule has 21 heavy (non-hydrogen) atoms. The number of imidazole rings is 1. The van der Waals surface area contributed by atoms with Gasteiger partial charge in [-0.05, 0) is 39.0 Å². The third-order valence-electron chi connectivity index (χ3n) is 4.50. The molecule has 118 valence electrons. The minimum absolute atomic E-state index is 0.0320. The summed E-state index contributed by atoms with van der Waals surface area (Å²) < 4.78 is 2.10. The molecule has 1 aromatic rings. The zero-order valence-electron chi connectivity index (χ0n) is 13.3. The first kappa shape index (κ1) is 15.9. The lowest BCUT2D eigenvalue weighted by molar-refractivity contribution is 0.224. The first-order valence-electron chi connectivity index (χ1n) is 8.19. The topological polar surface area (TPSA) is 59.0 Å². The van der Waals surface area contributed by atoms with Gasteiger partial charge in [0.05, 0.1) is 0 Å². The Kier molecular flexibility index (Phi) is 6.08.